The number of hydrogen-bond acceptors (Lipinski definition) is 8. The number of likely N-dealkylation sites (N-methyl/N-ethyl adjacent to an activating group) is 1. The average molecular weight is 441 g/mol. The molecule has 8 heteroatoms. The van der Waals surface area contributed by atoms with Gasteiger partial charge in [-0.2, -0.15) is 0 Å². The molecule has 1 saturated heterocycles. The Morgan fingerprint density at radius 2 is 1.97 bits per heavy atom. The highest BCUT2D eigenvalue weighted by Crippen LogP contribution is 2.62. The minimum absolute atomic E-state index is 0.0289. The van der Waals surface area contributed by atoms with Crippen molar-refractivity contribution in [2.75, 3.05) is 20.7 Å². The molecule has 2 heterocycles. The summed E-state index contributed by atoms with van der Waals surface area (Å²) in [6.45, 7) is 2.27. The SMILES string of the molecule is COC(=O)CCC(=O)O[C@H]1C=C[C@H]2[C@H]3Cc4ccc(OC(C)=O)c5c4[C@@]2(CCN3C)[C@H]1O5. The Morgan fingerprint density at radius 3 is 2.72 bits per heavy atom. The van der Waals surface area contributed by atoms with Gasteiger partial charge in [0.05, 0.1) is 20.0 Å². The van der Waals surface area contributed by atoms with Crippen LogP contribution in [0.1, 0.15) is 37.3 Å². The van der Waals surface area contributed by atoms with Crippen LogP contribution in [-0.2, 0) is 35.7 Å². The minimum Gasteiger partial charge on any atom is -0.481 e. The summed E-state index contributed by atoms with van der Waals surface area (Å²) >= 11 is 0. The molecule has 0 radical (unpaired) electrons. The molecule has 8 nitrogen and oxygen atoms in total. The van der Waals surface area contributed by atoms with Crippen LogP contribution in [-0.4, -0.2) is 61.8 Å². The lowest BCUT2D eigenvalue weighted by molar-refractivity contribution is -0.157. The monoisotopic (exact) mass is 441 g/mol. The van der Waals surface area contributed by atoms with Crippen LogP contribution in [0, 0.1) is 5.92 Å². The molecular formula is C24H27NO7. The van der Waals surface area contributed by atoms with Crippen LogP contribution < -0.4 is 9.47 Å². The summed E-state index contributed by atoms with van der Waals surface area (Å²) in [5, 5.41) is 0. The molecule has 5 rings (SSSR count). The molecular weight excluding hydrogens is 414 g/mol. The Kier molecular flexibility index (Phi) is 5.00. The number of benzene rings is 1. The van der Waals surface area contributed by atoms with Crippen LogP contribution in [0.4, 0.5) is 0 Å². The van der Waals surface area contributed by atoms with Crippen molar-refractivity contribution in [2.24, 2.45) is 5.92 Å². The lowest BCUT2D eigenvalue weighted by Crippen LogP contribution is -2.65. The Hall–Kier alpha value is -2.87. The molecule has 2 bridgehead atoms. The average Bonchev–Trinajstić information content (AvgIpc) is 3.12. The highest BCUT2D eigenvalue weighted by Gasteiger charge is 2.65. The molecule has 0 unspecified atom stereocenters. The fourth-order valence-electron chi connectivity index (χ4n) is 6.06. The minimum atomic E-state index is -0.594. The summed E-state index contributed by atoms with van der Waals surface area (Å²) in [7, 11) is 3.44. The molecule has 2 aliphatic heterocycles. The van der Waals surface area contributed by atoms with Crippen molar-refractivity contribution < 1.29 is 33.3 Å². The zero-order valence-corrected chi connectivity index (χ0v) is 18.5. The van der Waals surface area contributed by atoms with Gasteiger partial charge in [-0.3, -0.25) is 14.4 Å². The van der Waals surface area contributed by atoms with Gasteiger partial charge >= 0.3 is 17.9 Å². The number of nitrogens with zero attached hydrogens (tertiary/aromatic N) is 1. The molecule has 170 valence electrons. The first-order valence-corrected chi connectivity index (χ1v) is 11.0. The van der Waals surface area contributed by atoms with Crippen LogP contribution >= 0.6 is 0 Å². The van der Waals surface area contributed by atoms with Crippen molar-refractivity contribution in [2.45, 2.75) is 56.3 Å². The topological polar surface area (TPSA) is 91.4 Å². The molecule has 32 heavy (non-hydrogen) atoms. The Balaban J connectivity index is 1.52. The first-order valence-electron chi connectivity index (χ1n) is 11.0. The standard InChI is InChI=1S/C24H27NO7/c1-13(26)30-17-6-4-14-12-16-15-5-7-18(31-20(28)9-8-19(27)29-3)23-24(15,10-11-25(16)2)21(14)22(17)32-23/h4-7,15-16,18,23H,8-12H2,1-3H3/t15-,16+,18-,23-,24-/m0/s1. The van der Waals surface area contributed by atoms with Gasteiger partial charge in [-0.15, -0.1) is 0 Å². The second-order valence-corrected chi connectivity index (χ2v) is 9.04. The number of carbonyl (C=O) groups is 3. The van der Waals surface area contributed by atoms with Gasteiger partial charge in [-0.05, 0) is 44.1 Å². The van der Waals surface area contributed by atoms with E-state index >= 15 is 0 Å². The van der Waals surface area contributed by atoms with Gasteiger partial charge in [0.15, 0.2) is 17.6 Å². The van der Waals surface area contributed by atoms with Gasteiger partial charge in [-0.1, -0.05) is 12.1 Å². The molecule has 1 fully saturated rings. The van der Waals surface area contributed by atoms with Crippen molar-refractivity contribution >= 4 is 17.9 Å². The van der Waals surface area contributed by atoms with E-state index in [1.807, 2.05) is 12.1 Å². The van der Waals surface area contributed by atoms with E-state index in [0.717, 1.165) is 24.9 Å². The van der Waals surface area contributed by atoms with Gasteiger partial charge in [0, 0.05) is 29.9 Å². The number of carbonyl (C=O) groups excluding carboxylic acids is 3. The highest BCUT2D eigenvalue weighted by molar-refractivity contribution is 5.78. The van der Waals surface area contributed by atoms with Crippen LogP contribution in [0.25, 0.3) is 0 Å². The number of methoxy groups -OCH3 is 1. The summed E-state index contributed by atoms with van der Waals surface area (Å²) in [5.74, 6) is -0.125. The number of piperidine rings is 1. The number of ether oxygens (including phenoxy) is 4. The maximum absolute atomic E-state index is 12.5. The third-order valence-corrected chi connectivity index (χ3v) is 7.40. The summed E-state index contributed by atoms with van der Waals surface area (Å²) in [6.07, 6.45) is 4.72. The summed E-state index contributed by atoms with van der Waals surface area (Å²) in [5.41, 5.74) is 1.94. The molecule has 2 aliphatic carbocycles. The summed E-state index contributed by atoms with van der Waals surface area (Å²) < 4.78 is 22.4. The molecule has 1 aromatic rings. The van der Waals surface area contributed by atoms with Crippen LogP contribution in [0.2, 0.25) is 0 Å². The Labute approximate surface area is 186 Å². The second kappa shape index (κ2) is 7.62. The fraction of sp³-hybridized carbons (Fsp3) is 0.542. The van der Waals surface area contributed by atoms with Crippen LogP contribution in [0.3, 0.4) is 0 Å². The number of likely N-dealkylation sites (tertiary alicyclic amines) is 1. The molecule has 4 aliphatic rings. The maximum atomic E-state index is 12.5. The smallest absolute Gasteiger partial charge is 0.308 e. The van der Waals surface area contributed by atoms with Crippen molar-refractivity contribution in [3.63, 3.8) is 0 Å². The first-order chi connectivity index (χ1) is 15.3. The van der Waals surface area contributed by atoms with E-state index < -0.39 is 30.1 Å². The third-order valence-electron chi connectivity index (χ3n) is 7.40. The van der Waals surface area contributed by atoms with E-state index in [1.54, 1.807) is 6.07 Å². The molecule has 0 N–H and O–H groups in total. The van der Waals surface area contributed by atoms with Crippen molar-refractivity contribution in [1.82, 2.24) is 4.90 Å². The third kappa shape index (κ3) is 3.03. The van der Waals surface area contributed by atoms with Gasteiger partial charge < -0.3 is 23.8 Å². The van der Waals surface area contributed by atoms with E-state index in [-0.39, 0.29) is 24.2 Å². The number of rotatable bonds is 5. The highest BCUT2D eigenvalue weighted by atomic mass is 16.6. The summed E-state index contributed by atoms with van der Waals surface area (Å²) in [4.78, 5) is 38.0. The largest absolute Gasteiger partial charge is 0.481 e. The Bertz CT molecular complexity index is 1020. The van der Waals surface area contributed by atoms with E-state index in [1.165, 1.54) is 19.6 Å². The lowest BCUT2D eigenvalue weighted by atomic mass is 9.53. The van der Waals surface area contributed by atoms with Crippen LogP contribution in [0.5, 0.6) is 11.5 Å². The lowest BCUT2D eigenvalue weighted by Gasteiger charge is -2.56. The predicted molar refractivity (Wildman–Crippen MR) is 112 cm³/mol. The van der Waals surface area contributed by atoms with Crippen LogP contribution in [0.15, 0.2) is 24.3 Å². The normalized spacial score (nSPS) is 31.3. The first kappa shape index (κ1) is 21.0. The Morgan fingerprint density at radius 1 is 1.19 bits per heavy atom. The molecule has 0 amide bonds. The van der Waals surface area contributed by atoms with E-state index in [2.05, 4.69) is 22.8 Å². The number of esters is 3. The molecule has 1 spiro atoms. The van der Waals surface area contributed by atoms with Gasteiger partial charge in [0.25, 0.3) is 0 Å². The fourth-order valence-corrected chi connectivity index (χ4v) is 6.06. The van der Waals surface area contributed by atoms with Gasteiger partial charge in [0.2, 0.25) is 0 Å². The molecule has 0 aromatic heterocycles. The van der Waals surface area contributed by atoms with Crippen molar-refractivity contribution in [1.29, 1.82) is 0 Å². The molecule has 5 atom stereocenters. The number of hydrogen-bond donors (Lipinski definition) is 0. The van der Waals surface area contributed by atoms with E-state index in [9.17, 15) is 14.4 Å². The molecule has 0 saturated carbocycles. The zero-order chi connectivity index (χ0) is 22.6. The van der Waals surface area contributed by atoms with E-state index in [4.69, 9.17) is 14.2 Å². The predicted octanol–water partition coefficient (Wildman–Crippen LogP) is 1.92. The zero-order valence-electron chi connectivity index (χ0n) is 18.5. The quantitative estimate of drug-likeness (QED) is 0.389. The van der Waals surface area contributed by atoms with E-state index in [0.29, 0.717) is 17.5 Å². The van der Waals surface area contributed by atoms with Gasteiger partial charge in [-0.25, -0.2) is 0 Å². The molecule has 1 aromatic carbocycles. The second-order valence-electron chi connectivity index (χ2n) is 9.04. The van der Waals surface area contributed by atoms with Gasteiger partial charge in [0.1, 0.15) is 6.10 Å². The van der Waals surface area contributed by atoms with Crippen molar-refractivity contribution in [3.8, 4) is 11.5 Å². The maximum Gasteiger partial charge on any atom is 0.308 e. The van der Waals surface area contributed by atoms with Crippen molar-refractivity contribution in [3.05, 3.63) is 35.4 Å². The summed E-state index contributed by atoms with van der Waals surface area (Å²) in [6, 6.07) is 4.15.